The Balaban J connectivity index is 0.000000294. The molecule has 0 aromatic heterocycles. The fourth-order valence-electron chi connectivity index (χ4n) is 8.97. The van der Waals surface area contributed by atoms with Crippen LogP contribution in [-0.4, -0.2) is 66.9 Å². The van der Waals surface area contributed by atoms with E-state index in [2.05, 4.69) is 80.3 Å². The maximum Gasteiger partial charge on any atom is 1.00 e. The summed E-state index contributed by atoms with van der Waals surface area (Å²) in [6, 6.07) is 17.4. The van der Waals surface area contributed by atoms with Crippen LogP contribution in [-0.2, 0) is 45.1 Å². The third kappa shape index (κ3) is 15.2. The molecule has 0 spiro atoms. The summed E-state index contributed by atoms with van der Waals surface area (Å²) in [6.45, 7) is 41.0. The number of fused-ring (bicyclic) bond motifs is 3. The molecule has 82 heavy (non-hydrogen) atoms. The normalized spacial score (nSPS) is 16.9. The average Bonchev–Trinajstić information content (AvgIpc) is 4.13. The molecule has 4 aromatic carbocycles. The van der Waals surface area contributed by atoms with Gasteiger partial charge >= 0.3 is 51.4 Å². The van der Waals surface area contributed by atoms with Crippen molar-refractivity contribution in [2.24, 2.45) is 4.99 Å². The maximum atomic E-state index is 11.7. The van der Waals surface area contributed by atoms with E-state index < -0.39 is 31.8 Å². The summed E-state index contributed by atoms with van der Waals surface area (Å²) in [5.74, 6) is 1.32. The van der Waals surface area contributed by atoms with Gasteiger partial charge in [0.25, 0.3) is 21.2 Å². The fraction of sp³-hybridized carbons (Fsp3) is 0.351. The number of benzene rings is 3. The van der Waals surface area contributed by atoms with Gasteiger partial charge in [0.2, 0.25) is 16.8 Å². The molecular weight excluding hydrogens is 1140 g/mol. The van der Waals surface area contributed by atoms with Crippen molar-refractivity contribution in [1.82, 2.24) is 0 Å². The van der Waals surface area contributed by atoms with E-state index in [0.29, 0.717) is 45.4 Å². The zero-order valence-corrected chi connectivity index (χ0v) is 53.1. The summed E-state index contributed by atoms with van der Waals surface area (Å²) in [5.41, 5.74) is 4.64. The van der Waals surface area contributed by atoms with Crippen molar-refractivity contribution in [3.05, 3.63) is 172 Å². The molecule has 0 saturated heterocycles. The van der Waals surface area contributed by atoms with Gasteiger partial charge in [0.1, 0.15) is 5.76 Å². The molecule has 0 atom stereocenters. The summed E-state index contributed by atoms with van der Waals surface area (Å²) in [7, 11) is -4.41. The van der Waals surface area contributed by atoms with E-state index in [4.69, 9.17) is 33.5 Å². The number of nitrogens with one attached hydrogen (secondary N) is 3. The number of hydrogen-bond acceptors (Lipinski definition) is 17. The first-order valence-corrected chi connectivity index (χ1v) is 28.2. The topological polar surface area (TPSA) is 296 Å². The monoisotopic (exact) mass is 1200 g/mol. The number of nitriles is 1. The van der Waals surface area contributed by atoms with Crippen LogP contribution in [0.4, 0.5) is 17.1 Å². The molecule has 25 heteroatoms. The Bertz CT molecular complexity index is 3640. The van der Waals surface area contributed by atoms with Crippen LogP contribution in [0.15, 0.2) is 130 Å². The van der Waals surface area contributed by atoms with Gasteiger partial charge in [-0.2, -0.15) is 12.8 Å². The first-order valence-electron chi connectivity index (χ1n) is 25.3. The van der Waals surface area contributed by atoms with E-state index in [1.807, 2.05) is 65.0 Å². The zero-order chi connectivity index (χ0) is 60.2. The second-order valence-electron chi connectivity index (χ2n) is 20.0. The largest absolute Gasteiger partial charge is 1.00 e. The number of allylic oxidation sites excluding steroid dienone is 6. The van der Waals surface area contributed by atoms with Crippen LogP contribution in [0.3, 0.4) is 0 Å². The van der Waals surface area contributed by atoms with Gasteiger partial charge in [-0.05, 0) is 113 Å². The van der Waals surface area contributed by atoms with E-state index in [0.717, 1.165) is 53.1 Å². The first-order chi connectivity index (χ1) is 38.3. The Labute approximate surface area is 527 Å². The molecule has 1 aliphatic carbocycles. The number of ether oxygens (including phenoxy) is 1. The molecule has 0 fully saturated rings. The molecular formula is C57H62KN8O13S3+. The number of aliphatic hydroxyl groups excluding tert-OH is 1. The number of quaternary nitrogens is 1. The fourth-order valence-corrected chi connectivity index (χ4v) is 10.3. The van der Waals surface area contributed by atoms with Crippen molar-refractivity contribution in [2.45, 2.75) is 120 Å². The van der Waals surface area contributed by atoms with Gasteiger partial charge in [0.05, 0.1) is 96.8 Å². The number of aliphatic imine (C=N–C) groups is 1. The number of anilines is 1. The van der Waals surface area contributed by atoms with E-state index in [-0.39, 0.29) is 101 Å². The molecule has 6 N–H and O–H groups in total. The van der Waals surface area contributed by atoms with E-state index in [9.17, 15) is 38.2 Å². The van der Waals surface area contributed by atoms with Gasteiger partial charge in [-0.25, -0.2) is 25.2 Å². The standard InChI is InChI=1S/C29H24N4O7S2.C11H9N2O3.C11H13NO3S.C6H15N.K/c1-28(2)19-10-15(41-40-39-35)6-8-21(19)32-24(28)12-17-26(23(14-30)31-5)18(27(17)34)13-25-29(3,4)20-11-16(42(36,37)38)7-9-22(20)33-25;1-3-4-5-16-11-8(7(6-12)13-2)9(14)10(11)15;1-7-11(2,3)9-6-8(16-15-14-13)4-5-10(9)12-7;1-4-7(5-2)6-3;/h6-13,33-35H,1-4H3,(H,36,37,38);3-5H2,1H3;4-6,13H,1-3H3;4-6H2,1-3H3;/q;-1;;;+1/p+1/b17-12?,25-13?,26-23+;;;;. The van der Waals surface area contributed by atoms with Crippen molar-refractivity contribution in [3.8, 4) is 11.8 Å². The third-order valence-corrected chi connectivity index (χ3v) is 16.3. The SMILES string of the molecule is CC1=[NH+]c2ccc(SOO[O-])cc2C1(C)C.CC[NH+](CC)CC.[C-]#[N+]/C(C#N)=C1\C(=CC2=Nc3ccc(SOOO)cc3C2(C)C)C(O)=C1C=C1Nc2ccc(S(=O)(=O)O)cc2C1(C)C.[C-]#[N+]C(=C=[N-])c1c(OCCCC)c(=O)c1=O.[K+]. The maximum absolute atomic E-state index is 11.7. The quantitative estimate of drug-likeness (QED) is 0.00795. The van der Waals surface area contributed by atoms with E-state index in [1.54, 1.807) is 41.1 Å². The first kappa shape index (κ1) is 68.8. The minimum Gasteiger partial charge on any atom is -0.775 e. The molecule has 4 aromatic rings. The Kier molecular flexibility index (Phi) is 24.9. The van der Waals surface area contributed by atoms with Crippen LogP contribution in [0.2, 0.25) is 0 Å². The molecule has 8 rings (SSSR count). The molecule has 21 nitrogen and oxygen atoms in total. The van der Waals surface area contributed by atoms with Gasteiger partial charge in [-0.15, -0.1) is 4.33 Å². The number of unbranched alkanes of at least 4 members (excludes halogenated alkanes) is 1. The van der Waals surface area contributed by atoms with Gasteiger partial charge in [0, 0.05) is 67.3 Å². The van der Waals surface area contributed by atoms with Crippen LogP contribution >= 0.6 is 24.1 Å². The predicted octanol–water partition coefficient (Wildman–Crippen LogP) is 4.74. The van der Waals surface area contributed by atoms with Gasteiger partial charge in [-0.1, -0.05) is 46.1 Å². The summed E-state index contributed by atoms with van der Waals surface area (Å²) in [5, 5.41) is 58.1. The summed E-state index contributed by atoms with van der Waals surface area (Å²) in [4.78, 5) is 39.6. The number of aliphatic hydroxyl groups is 1. The third-order valence-electron chi connectivity index (χ3n) is 14.3. The molecule has 0 unspecified atom stereocenters. The number of rotatable bonds is 17. The van der Waals surface area contributed by atoms with E-state index >= 15 is 0 Å². The van der Waals surface area contributed by atoms with Crippen LogP contribution in [0.1, 0.15) is 111 Å². The van der Waals surface area contributed by atoms with Crippen LogP contribution < -0.4 is 87.4 Å². The Hall–Kier alpha value is -5.67. The Morgan fingerprint density at radius 1 is 0.902 bits per heavy atom. The van der Waals surface area contributed by atoms with Crippen molar-refractivity contribution in [1.29, 1.82) is 5.26 Å². The second-order valence-corrected chi connectivity index (χ2v) is 23.0. The summed E-state index contributed by atoms with van der Waals surface area (Å²) < 4.78 is 46.9. The second kappa shape index (κ2) is 29.7. The van der Waals surface area contributed by atoms with Crippen molar-refractivity contribution >= 4 is 74.3 Å². The summed E-state index contributed by atoms with van der Waals surface area (Å²) >= 11 is 1.74. The molecule has 0 saturated carbocycles. The van der Waals surface area contributed by atoms with Crippen molar-refractivity contribution < 1.29 is 113 Å². The van der Waals surface area contributed by atoms with Gasteiger partial charge in [0.15, 0.2) is 11.5 Å². The number of hydrogen-bond donors (Lipinski definition) is 6. The smallest absolute Gasteiger partial charge is 0.775 e. The van der Waals surface area contributed by atoms with Crippen molar-refractivity contribution in [2.75, 3.05) is 31.6 Å². The molecule has 0 radical (unpaired) electrons. The Morgan fingerprint density at radius 2 is 1.54 bits per heavy atom. The van der Waals surface area contributed by atoms with Crippen molar-refractivity contribution in [3.63, 3.8) is 0 Å². The average molecular weight is 1200 g/mol. The minimum absolute atomic E-state index is 0. The molecule has 0 bridgehead atoms. The minimum atomic E-state index is -4.41. The van der Waals surface area contributed by atoms with E-state index in [1.165, 1.54) is 43.0 Å². The summed E-state index contributed by atoms with van der Waals surface area (Å²) in [6.07, 6.45) is 4.94. The van der Waals surface area contributed by atoms with Gasteiger partial charge in [-0.3, -0.25) is 30.0 Å². The molecule has 426 valence electrons. The van der Waals surface area contributed by atoms with Crippen LogP contribution in [0.5, 0.6) is 5.75 Å². The zero-order valence-electron chi connectivity index (χ0n) is 47.5. The van der Waals surface area contributed by atoms with Crippen LogP contribution in [0, 0.1) is 24.5 Å². The number of nitrogens with zero attached hydrogens (tertiary/aromatic N) is 5. The van der Waals surface area contributed by atoms with Crippen LogP contribution in [0.25, 0.3) is 20.8 Å². The van der Waals surface area contributed by atoms with Gasteiger partial charge < -0.3 is 30.7 Å². The molecule has 3 heterocycles. The molecule has 4 aliphatic rings. The molecule has 0 amide bonds. The predicted molar refractivity (Wildman–Crippen MR) is 307 cm³/mol. The Morgan fingerprint density at radius 3 is 2.09 bits per heavy atom. The molecule has 3 aliphatic heterocycles.